The molecule has 0 unspecified atom stereocenters. The van der Waals surface area contributed by atoms with E-state index in [1.807, 2.05) is 11.9 Å². The van der Waals surface area contributed by atoms with Gasteiger partial charge in [0.2, 0.25) is 0 Å². The molecule has 138 valence electrons. The number of nitrogens with zero attached hydrogens (tertiary/aromatic N) is 3. The number of rotatable bonds is 5. The molecule has 9 heteroatoms. The van der Waals surface area contributed by atoms with Crippen LogP contribution in [0.1, 0.15) is 0 Å². The third-order valence-electron chi connectivity index (χ3n) is 4.33. The molecule has 2 aromatic rings. The normalized spacial score (nSPS) is 15.7. The molecule has 0 saturated carbocycles. The van der Waals surface area contributed by atoms with Crippen LogP contribution in [0, 0.1) is 10.1 Å². The third kappa shape index (κ3) is 3.94. The summed E-state index contributed by atoms with van der Waals surface area (Å²) < 4.78 is 27.8. The average molecular weight is 376 g/mol. The van der Waals surface area contributed by atoms with E-state index in [1.54, 1.807) is 24.3 Å². The van der Waals surface area contributed by atoms with E-state index in [0.29, 0.717) is 18.8 Å². The average Bonchev–Trinajstić information content (AvgIpc) is 2.63. The van der Waals surface area contributed by atoms with Crippen LogP contribution in [0.4, 0.5) is 17.1 Å². The predicted octanol–water partition coefficient (Wildman–Crippen LogP) is 2.15. The Hall–Kier alpha value is -2.65. The fraction of sp³-hybridized carbons (Fsp3) is 0.294. The van der Waals surface area contributed by atoms with Gasteiger partial charge >= 0.3 is 0 Å². The Bertz CT molecular complexity index is 894. The lowest BCUT2D eigenvalue weighted by molar-refractivity contribution is -0.384. The maximum Gasteiger partial charge on any atom is 0.271 e. The van der Waals surface area contributed by atoms with Crippen molar-refractivity contribution in [2.45, 2.75) is 4.90 Å². The topological polar surface area (TPSA) is 95.8 Å². The highest BCUT2D eigenvalue weighted by Gasteiger charge is 2.23. The molecule has 1 heterocycles. The Labute approximate surface area is 152 Å². The van der Waals surface area contributed by atoms with Gasteiger partial charge in [-0.25, -0.2) is 8.42 Å². The first kappa shape index (κ1) is 18.2. The van der Waals surface area contributed by atoms with Crippen LogP contribution in [0.3, 0.4) is 0 Å². The second-order valence-corrected chi connectivity index (χ2v) is 7.85. The maximum atomic E-state index is 12.7. The number of piperazine rings is 1. The number of nitrogens with one attached hydrogen (secondary N) is 1. The summed E-state index contributed by atoms with van der Waals surface area (Å²) in [5.74, 6) is 0. The highest BCUT2D eigenvalue weighted by molar-refractivity contribution is 7.92. The molecule has 0 amide bonds. The molecule has 1 fully saturated rings. The van der Waals surface area contributed by atoms with Crippen LogP contribution >= 0.6 is 0 Å². The number of likely N-dealkylation sites (N-methyl/N-ethyl adjacent to an activating group) is 1. The maximum absolute atomic E-state index is 12.7. The second-order valence-electron chi connectivity index (χ2n) is 6.17. The standard InChI is InChI=1S/C17H20N4O4S/c1-19-9-11-20(12-10-19)17-8-7-14(21(22)23)13-16(17)18-26(24,25)15-5-3-2-4-6-15/h2-8,13,18H,9-12H2,1H3. The molecule has 1 saturated heterocycles. The van der Waals surface area contributed by atoms with Gasteiger partial charge in [0, 0.05) is 38.3 Å². The quantitative estimate of drug-likeness (QED) is 0.634. The zero-order valence-electron chi connectivity index (χ0n) is 14.3. The molecule has 0 atom stereocenters. The smallest absolute Gasteiger partial charge is 0.271 e. The second kappa shape index (κ2) is 7.30. The van der Waals surface area contributed by atoms with Gasteiger partial charge in [-0.05, 0) is 25.2 Å². The van der Waals surface area contributed by atoms with E-state index < -0.39 is 14.9 Å². The summed E-state index contributed by atoms with van der Waals surface area (Å²) in [5, 5.41) is 11.1. The van der Waals surface area contributed by atoms with Crippen LogP contribution in [0.15, 0.2) is 53.4 Å². The van der Waals surface area contributed by atoms with Crippen molar-refractivity contribution >= 4 is 27.1 Å². The minimum absolute atomic E-state index is 0.107. The lowest BCUT2D eigenvalue weighted by atomic mass is 10.2. The van der Waals surface area contributed by atoms with Gasteiger partial charge in [0.15, 0.2) is 0 Å². The lowest BCUT2D eigenvalue weighted by Gasteiger charge is -2.35. The number of benzene rings is 2. The van der Waals surface area contributed by atoms with Crippen LogP contribution in [-0.4, -0.2) is 51.5 Å². The molecule has 1 aliphatic rings. The third-order valence-corrected chi connectivity index (χ3v) is 5.71. The Morgan fingerprint density at radius 1 is 1.04 bits per heavy atom. The highest BCUT2D eigenvalue weighted by atomic mass is 32.2. The molecular formula is C17H20N4O4S. The van der Waals surface area contributed by atoms with Crippen molar-refractivity contribution in [1.82, 2.24) is 4.90 Å². The van der Waals surface area contributed by atoms with Gasteiger partial charge in [-0.1, -0.05) is 18.2 Å². The Kier molecular flexibility index (Phi) is 5.10. The van der Waals surface area contributed by atoms with E-state index in [9.17, 15) is 18.5 Å². The largest absolute Gasteiger partial charge is 0.367 e. The minimum atomic E-state index is -3.84. The van der Waals surface area contributed by atoms with Gasteiger partial charge in [-0.3, -0.25) is 14.8 Å². The first-order chi connectivity index (χ1) is 12.4. The predicted molar refractivity (Wildman–Crippen MR) is 100 cm³/mol. The summed E-state index contributed by atoms with van der Waals surface area (Å²) in [7, 11) is -1.82. The van der Waals surface area contributed by atoms with Crippen molar-refractivity contribution in [2.75, 3.05) is 42.8 Å². The summed E-state index contributed by atoms with van der Waals surface area (Å²) in [6, 6.07) is 12.2. The van der Waals surface area contributed by atoms with Crippen molar-refractivity contribution in [3.05, 3.63) is 58.6 Å². The summed E-state index contributed by atoms with van der Waals surface area (Å²) in [6.45, 7) is 3.10. The van der Waals surface area contributed by atoms with E-state index in [1.165, 1.54) is 24.3 Å². The van der Waals surface area contributed by atoms with E-state index in [4.69, 9.17) is 0 Å². The Morgan fingerprint density at radius 3 is 2.31 bits per heavy atom. The molecule has 0 aliphatic carbocycles. The summed E-state index contributed by atoms with van der Waals surface area (Å²) in [5.41, 5.74) is 0.699. The number of nitro benzene ring substituents is 1. The number of nitro groups is 1. The first-order valence-corrected chi connectivity index (χ1v) is 9.65. The highest BCUT2D eigenvalue weighted by Crippen LogP contribution is 2.32. The SMILES string of the molecule is CN1CCN(c2ccc([N+](=O)[O-])cc2NS(=O)(=O)c2ccccc2)CC1. The monoisotopic (exact) mass is 376 g/mol. The zero-order valence-corrected chi connectivity index (χ0v) is 15.1. The number of hydrogen-bond acceptors (Lipinski definition) is 6. The van der Waals surface area contributed by atoms with Crippen molar-refractivity contribution < 1.29 is 13.3 Å². The van der Waals surface area contributed by atoms with Crippen LogP contribution in [0.2, 0.25) is 0 Å². The van der Waals surface area contributed by atoms with Crippen molar-refractivity contribution in [3.63, 3.8) is 0 Å². The molecule has 0 radical (unpaired) electrons. The van der Waals surface area contributed by atoms with E-state index >= 15 is 0 Å². The van der Waals surface area contributed by atoms with Crippen molar-refractivity contribution in [3.8, 4) is 0 Å². The summed E-state index contributed by atoms with van der Waals surface area (Å²) in [6.07, 6.45) is 0. The van der Waals surface area contributed by atoms with Gasteiger partial charge in [-0.15, -0.1) is 0 Å². The van der Waals surface area contributed by atoms with Crippen molar-refractivity contribution in [2.24, 2.45) is 0 Å². The number of anilines is 2. The summed E-state index contributed by atoms with van der Waals surface area (Å²) >= 11 is 0. The van der Waals surface area contributed by atoms with Crippen LogP contribution < -0.4 is 9.62 Å². The van der Waals surface area contributed by atoms with Gasteiger partial charge < -0.3 is 9.80 Å². The summed E-state index contributed by atoms with van der Waals surface area (Å²) in [4.78, 5) is 14.9. The van der Waals surface area contributed by atoms with Gasteiger partial charge in [0.1, 0.15) is 0 Å². The van der Waals surface area contributed by atoms with Gasteiger partial charge in [0.05, 0.1) is 21.2 Å². The van der Waals surface area contributed by atoms with Crippen LogP contribution in [0.5, 0.6) is 0 Å². The Balaban J connectivity index is 1.98. The molecule has 0 bridgehead atoms. The molecular weight excluding hydrogens is 356 g/mol. The fourth-order valence-corrected chi connectivity index (χ4v) is 3.93. The first-order valence-electron chi connectivity index (χ1n) is 8.16. The van der Waals surface area contributed by atoms with Gasteiger partial charge in [-0.2, -0.15) is 0 Å². The van der Waals surface area contributed by atoms with E-state index in [2.05, 4.69) is 9.62 Å². The van der Waals surface area contributed by atoms with E-state index in [-0.39, 0.29) is 16.3 Å². The molecule has 3 rings (SSSR count). The fourth-order valence-electron chi connectivity index (χ4n) is 2.85. The minimum Gasteiger partial charge on any atom is -0.367 e. The molecule has 1 aliphatic heterocycles. The molecule has 1 N–H and O–H groups in total. The van der Waals surface area contributed by atoms with Gasteiger partial charge in [0.25, 0.3) is 15.7 Å². The zero-order chi connectivity index (χ0) is 18.7. The van der Waals surface area contributed by atoms with E-state index in [0.717, 1.165) is 13.1 Å². The number of non-ortho nitro benzene ring substituents is 1. The van der Waals surface area contributed by atoms with Crippen LogP contribution in [-0.2, 0) is 10.0 Å². The molecule has 26 heavy (non-hydrogen) atoms. The lowest BCUT2D eigenvalue weighted by Crippen LogP contribution is -2.44. The molecule has 0 spiro atoms. The Morgan fingerprint density at radius 2 is 1.69 bits per heavy atom. The molecule has 0 aromatic heterocycles. The van der Waals surface area contributed by atoms with Crippen molar-refractivity contribution in [1.29, 1.82) is 0 Å². The molecule has 2 aromatic carbocycles. The van der Waals surface area contributed by atoms with Crippen LogP contribution in [0.25, 0.3) is 0 Å². The number of sulfonamides is 1. The number of hydrogen-bond donors (Lipinski definition) is 1. The molecule has 8 nitrogen and oxygen atoms in total.